The molecule has 2 aliphatic rings. The predicted octanol–water partition coefficient (Wildman–Crippen LogP) is 4.30. The number of nitrogen functional groups attached to an aromatic ring is 1. The highest BCUT2D eigenvalue weighted by Crippen LogP contribution is 2.37. The van der Waals surface area contributed by atoms with Gasteiger partial charge >= 0.3 is 0 Å². The van der Waals surface area contributed by atoms with E-state index in [1.54, 1.807) is 20.5 Å². The van der Waals surface area contributed by atoms with E-state index in [0.717, 1.165) is 115 Å². The molecule has 3 N–H and O–H groups in total. The molecular formula is C33H41N9O2. The number of methoxy groups -OCH3 is 2. The lowest BCUT2D eigenvalue weighted by Gasteiger charge is -2.42. The Hall–Kier alpha value is -4.06. The predicted molar refractivity (Wildman–Crippen MR) is 172 cm³/mol. The van der Waals surface area contributed by atoms with E-state index in [-0.39, 0.29) is 6.04 Å². The van der Waals surface area contributed by atoms with Gasteiger partial charge in [-0.3, -0.25) is 9.80 Å². The Balaban J connectivity index is 1.11. The Bertz CT molecular complexity index is 1730. The molecule has 1 aliphatic heterocycles. The number of para-hydroxylation sites is 1. The summed E-state index contributed by atoms with van der Waals surface area (Å²) in [6.07, 6.45) is 6.67. The topological polar surface area (TPSA) is 123 Å². The normalized spacial score (nSPS) is 20.0. The number of anilines is 1. The zero-order valence-corrected chi connectivity index (χ0v) is 25.6. The highest BCUT2D eigenvalue weighted by atomic mass is 16.5. The second-order valence-electron chi connectivity index (χ2n) is 12.0. The van der Waals surface area contributed by atoms with E-state index in [1.165, 1.54) is 0 Å². The average Bonchev–Trinajstić information content (AvgIpc) is 3.66. The fourth-order valence-corrected chi connectivity index (χ4v) is 7.02. The smallest absolute Gasteiger partial charge is 0.164 e. The van der Waals surface area contributed by atoms with Crippen LogP contribution in [0.4, 0.5) is 5.82 Å². The SMILES string of the molecule is COCCN1CCN([C@H]2CC[C@@H](n3nc(-c4ccc5nc(Cc6ccccc6OC)[nH]c5c4)c4c(N)ncnc43)CC2)CC1. The molecule has 11 heteroatoms. The Morgan fingerprint density at radius 3 is 2.55 bits per heavy atom. The molecule has 44 heavy (non-hydrogen) atoms. The number of benzene rings is 2. The van der Waals surface area contributed by atoms with Gasteiger partial charge in [0.2, 0.25) is 0 Å². The maximum Gasteiger partial charge on any atom is 0.164 e. The average molecular weight is 596 g/mol. The molecule has 0 atom stereocenters. The van der Waals surface area contributed by atoms with E-state index in [2.05, 4.69) is 47.6 Å². The molecule has 0 spiro atoms. The van der Waals surface area contributed by atoms with Crippen LogP contribution < -0.4 is 10.5 Å². The quantitative estimate of drug-likeness (QED) is 0.257. The van der Waals surface area contributed by atoms with Gasteiger partial charge in [-0.2, -0.15) is 5.10 Å². The van der Waals surface area contributed by atoms with Crippen molar-refractivity contribution in [3.8, 4) is 17.0 Å². The van der Waals surface area contributed by atoms with Crippen LogP contribution >= 0.6 is 0 Å². The third-order valence-corrected chi connectivity index (χ3v) is 9.42. The van der Waals surface area contributed by atoms with Crippen molar-refractivity contribution in [1.29, 1.82) is 0 Å². The number of ether oxygens (including phenoxy) is 2. The van der Waals surface area contributed by atoms with Crippen molar-refractivity contribution in [3.63, 3.8) is 0 Å². The Morgan fingerprint density at radius 1 is 0.955 bits per heavy atom. The molecule has 0 radical (unpaired) electrons. The molecule has 2 aromatic carbocycles. The van der Waals surface area contributed by atoms with Gasteiger partial charge in [0.15, 0.2) is 5.65 Å². The Morgan fingerprint density at radius 2 is 1.75 bits per heavy atom. The Kier molecular flexibility index (Phi) is 8.16. The molecule has 230 valence electrons. The second-order valence-corrected chi connectivity index (χ2v) is 12.0. The minimum atomic E-state index is 0.281. The van der Waals surface area contributed by atoms with Crippen LogP contribution in [-0.2, 0) is 11.2 Å². The number of nitrogens with zero attached hydrogens (tertiary/aromatic N) is 7. The highest BCUT2D eigenvalue weighted by molar-refractivity contribution is 5.99. The number of nitrogens with two attached hydrogens (primary N) is 1. The molecule has 0 amide bonds. The lowest BCUT2D eigenvalue weighted by atomic mass is 9.90. The van der Waals surface area contributed by atoms with Gasteiger partial charge in [-0.1, -0.05) is 24.3 Å². The number of hydrogen-bond donors (Lipinski definition) is 2. The van der Waals surface area contributed by atoms with Crippen molar-refractivity contribution in [1.82, 2.24) is 39.5 Å². The Labute approximate surface area is 257 Å². The van der Waals surface area contributed by atoms with Crippen LogP contribution in [0.25, 0.3) is 33.3 Å². The van der Waals surface area contributed by atoms with Crippen LogP contribution in [-0.4, -0.2) is 99.1 Å². The summed E-state index contributed by atoms with van der Waals surface area (Å²) in [5.74, 6) is 2.20. The van der Waals surface area contributed by atoms with Crippen molar-refractivity contribution in [3.05, 3.63) is 60.2 Å². The molecule has 0 unspecified atom stereocenters. The summed E-state index contributed by atoms with van der Waals surface area (Å²) in [6, 6.07) is 15.2. The minimum Gasteiger partial charge on any atom is -0.496 e. The third-order valence-electron chi connectivity index (χ3n) is 9.42. The molecule has 1 saturated carbocycles. The minimum absolute atomic E-state index is 0.281. The van der Waals surface area contributed by atoms with E-state index in [9.17, 15) is 0 Å². The fraction of sp³-hybridized carbons (Fsp3) is 0.455. The summed E-state index contributed by atoms with van der Waals surface area (Å²) in [6.45, 7) is 6.33. The van der Waals surface area contributed by atoms with Crippen LogP contribution in [0, 0.1) is 0 Å². The fourth-order valence-electron chi connectivity index (χ4n) is 7.02. The van der Waals surface area contributed by atoms with Crippen molar-refractivity contribution in [2.75, 3.05) is 59.3 Å². The lowest BCUT2D eigenvalue weighted by molar-refractivity contribution is 0.0572. The van der Waals surface area contributed by atoms with Gasteiger partial charge < -0.3 is 20.2 Å². The molecule has 11 nitrogen and oxygen atoms in total. The van der Waals surface area contributed by atoms with Crippen molar-refractivity contribution >= 4 is 27.9 Å². The zero-order chi connectivity index (χ0) is 30.0. The van der Waals surface area contributed by atoms with Gasteiger partial charge in [0.1, 0.15) is 29.4 Å². The summed E-state index contributed by atoms with van der Waals surface area (Å²) < 4.78 is 12.9. The molecule has 5 aromatic rings. The molecule has 3 aromatic heterocycles. The second kappa shape index (κ2) is 12.5. The van der Waals surface area contributed by atoms with Crippen molar-refractivity contribution in [2.24, 2.45) is 0 Å². The first-order valence-electron chi connectivity index (χ1n) is 15.7. The highest BCUT2D eigenvalue weighted by Gasteiger charge is 2.31. The van der Waals surface area contributed by atoms with E-state index in [1.807, 2.05) is 24.3 Å². The zero-order valence-electron chi connectivity index (χ0n) is 25.6. The number of hydrogen-bond acceptors (Lipinski definition) is 9. The molecule has 4 heterocycles. The first-order chi connectivity index (χ1) is 21.6. The molecular weight excluding hydrogens is 554 g/mol. The standard InChI is InChI=1S/C33H41N9O2/c1-43-18-17-40-13-15-41(16-14-40)24-8-10-25(11-9-24)42-33-30(32(34)35-21-36-33)31(39-42)23-7-12-26-27(19-23)38-29(37-26)20-22-5-3-4-6-28(22)44-2/h3-7,12,19,21,24-25H,8-11,13-18,20H2,1-2H3,(H,37,38)(H2,34,35,36)/t24-,25+. The number of fused-ring (bicyclic) bond motifs is 2. The first-order valence-corrected chi connectivity index (χ1v) is 15.7. The van der Waals surface area contributed by atoms with Gasteiger partial charge in [0.25, 0.3) is 0 Å². The maximum atomic E-state index is 6.47. The van der Waals surface area contributed by atoms with Crippen molar-refractivity contribution in [2.45, 2.75) is 44.2 Å². The van der Waals surface area contributed by atoms with E-state index in [4.69, 9.17) is 25.3 Å². The van der Waals surface area contributed by atoms with Crippen LogP contribution in [0.1, 0.15) is 43.1 Å². The summed E-state index contributed by atoms with van der Waals surface area (Å²) in [7, 11) is 3.47. The first kappa shape index (κ1) is 28.7. The number of piperazine rings is 1. The van der Waals surface area contributed by atoms with E-state index < -0.39 is 0 Å². The van der Waals surface area contributed by atoms with E-state index >= 15 is 0 Å². The lowest BCUT2D eigenvalue weighted by Crippen LogP contribution is -2.51. The van der Waals surface area contributed by atoms with Crippen LogP contribution in [0.5, 0.6) is 5.75 Å². The van der Waals surface area contributed by atoms with Gasteiger partial charge in [-0.15, -0.1) is 0 Å². The molecule has 2 fully saturated rings. The number of nitrogens with one attached hydrogen (secondary N) is 1. The van der Waals surface area contributed by atoms with Gasteiger partial charge in [0.05, 0.1) is 36.2 Å². The number of imidazole rings is 1. The van der Waals surface area contributed by atoms with E-state index in [0.29, 0.717) is 18.3 Å². The monoisotopic (exact) mass is 595 g/mol. The summed E-state index contributed by atoms with van der Waals surface area (Å²) >= 11 is 0. The van der Waals surface area contributed by atoms with Gasteiger partial charge in [0, 0.05) is 63.4 Å². The van der Waals surface area contributed by atoms with Crippen LogP contribution in [0.2, 0.25) is 0 Å². The summed E-state index contributed by atoms with van der Waals surface area (Å²) in [5.41, 5.74) is 12.0. The molecule has 1 aliphatic carbocycles. The van der Waals surface area contributed by atoms with Crippen LogP contribution in [0.3, 0.4) is 0 Å². The summed E-state index contributed by atoms with van der Waals surface area (Å²) in [4.78, 5) is 22.6. The molecule has 7 rings (SSSR count). The summed E-state index contributed by atoms with van der Waals surface area (Å²) in [5, 5.41) is 5.99. The number of H-pyrrole nitrogens is 1. The van der Waals surface area contributed by atoms with Crippen molar-refractivity contribution < 1.29 is 9.47 Å². The largest absolute Gasteiger partial charge is 0.496 e. The maximum absolute atomic E-state index is 6.47. The third kappa shape index (κ3) is 5.62. The molecule has 1 saturated heterocycles. The number of aromatic nitrogens is 6. The number of rotatable bonds is 9. The number of aromatic amines is 1. The van der Waals surface area contributed by atoms with Crippen LogP contribution in [0.15, 0.2) is 48.8 Å². The van der Waals surface area contributed by atoms with Gasteiger partial charge in [-0.25, -0.2) is 19.6 Å². The van der Waals surface area contributed by atoms with Gasteiger partial charge in [-0.05, 0) is 43.9 Å². The molecule has 0 bridgehead atoms.